The van der Waals surface area contributed by atoms with Crippen LogP contribution < -0.4 is 16.6 Å². The number of nitrogens with one attached hydrogen (secondary N) is 2. The summed E-state index contributed by atoms with van der Waals surface area (Å²) in [4.78, 5) is 11.5. The Bertz CT molecular complexity index is 414. The van der Waals surface area contributed by atoms with Gasteiger partial charge in [-0.05, 0) is 24.3 Å². The van der Waals surface area contributed by atoms with Gasteiger partial charge in [0.15, 0.2) is 0 Å². The normalized spacial score (nSPS) is 10.1. The van der Waals surface area contributed by atoms with E-state index >= 15 is 0 Å². The van der Waals surface area contributed by atoms with Crippen molar-refractivity contribution in [3.63, 3.8) is 0 Å². The Morgan fingerprint density at radius 2 is 2.00 bits per heavy atom. The highest BCUT2D eigenvalue weighted by Gasteiger charge is 2.05. The average Bonchev–Trinajstić information content (AvgIpc) is 2.27. The molecular weight excluding hydrogens is 213 g/mol. The topological polar surface area (TPSA) is 91.9 Å². The van der Waals surface area contributed by atoms with E-state index in [1.54, 1.807) is 0 Å². The maximum Gasteiger partial charge on any atom is 0.256 e. The number of amides is 1. The van der Waals surface area contributed by atoms with Gasteiger partial charge in [0.05, 0.1) is 0 Å². The van der Waals surface area contributed by atoms with Crippen LogP contribution >= 0.6 is 0 Å². The highest BCUT2D eigenvalue weighted by atomic mass is 19.1. The molecule has 0 bridgehead atoms. The zero-order chi connectivity index (χ0) is 12.0. The zero-order valence-corrected chi connectivity index (χ0v) is 8.27. The van der Waals surface area contributed by atoms with E-state index in [0.717, 1.165) is 0 Å². The second-order valence-electron chi connectivity index (χ2n) is 2.77. The molecule has 6 nitrogen and oxygen atoms in total. The molecule has 0 saturated carbocycles. The van der Waals surface area contributed by atoms with Gasteiger partial charge in [-0.3, -0.25) is 4.79 Å². The van der Waals surface area contributed by atoms with Gasteiger partial charge in [-0.1, -0.05) is 17.0 Å². The van der Waals surface area contributed by atoms with Crippen LogP contribution in [0.25, 0.3) is 0 Å². The Hall–Kier alpha value is -2.44. The van der Waals surface area contributed by atoms with Gasteiger partial charge in [0, 0.05) is 5.56 Å². The van der Waals surface area contributed by atoms with Crippen LogP contribution in [-0.4, -0.2) is 5.91 Å². The van der Waals surface area contributed by atoms with Crippen LogP contribution in [0.2, 0.25) is 0 Å². The van der Waals surface area contributed by atoms with Gasteiger partial charge >= 0.3 is 0 Å². The van der Waals surface area contributed by atoms with Crippen molar-refractivity contribution >= 4 is 5.91 Å². The van der Waals surface area contributed by atoms with Gasteiger partial charge in [0.25, 0.3) is 5.91 Å². The van der Waals surface area contributed by atoms with E-state index in [1.165, 1.54) is 24.3 Å². The second kappa shape index (κ2) is 5.44. The van der Waals surface area contributed by atoms with Crippen LogP contribution in [-0.2, 0) is 0 Å². The number of carbonyl (C=O) groups excluding carboxylic acids is 1. The Kier molecular flexibility index (Phi) is 3.96. The number of benzene rings is 1. The third-order valence-electron chi connectivity index (χ3n) is 1.61. The minimum Gasteiger partial charge on any atom is -0.307 e. The number of rotatable bonds is 4. The molecule has 4 N–H and O–H groups in total. The van der Waals surface area contributed by atoms with E-state index in [4.69, 9.17) is 5.84 Å². The van der Waals surface area contributed by atoms with Crippen molar-refractivity contribution in [1.29, 1.82) is 0 Å². The Balaban J connectivity index is 2.58. The zero-order valence-electron chi connectivity index (χ0n) is 8.27. The minimum absolute atomic E-state index is 0.114. The third-order valence-corrected chi connectivity index (χ3v) is 1.61. The molecule has 0 aliphatic carbocycles. The molecule has 0 saturated heterocycles. The summed E-state index contributed by atoms with van der Waals surface area (Å²) in [6.07, 6.45) is 0. The van der Waals surface area contributed by atoms with Crippen molar-refractivity contribution in [1.82, 2.24) is 10.7 Å². The number of nitrogens with zero attached hydrogens (tertiary/aromatic N) is 2. The van der Waals surface area contributed by atoms with Gasteiger partial charge in [-0.15, -0.1) is 0 Å². The average molecular weight is 223 g/mol. The maximum atomic E-state index is 12.6. The first-order valence-corrected chi connectivity index (χ1v) is 4.25. The number of hydrogen-bond donors (Lipinski definition) is 3. The predicted octanol–water partition coefficient (Wildman–Crippen LogP) is 0.857. The molecule has 0 spiro atoms. The summed E-state index contributed by atoms with van der Waals surface area (Å²) in [7, 11) is 0. The lowest BCUT2D eigenvalue weighted by molar-refractivity contribution is 0.0963. The van der Waals surface area contributed by atoms with Crippen molar-refractivity contribution in [3.05, 3.63) is 48.0 Å². The highest BCUT2D eigenvalue weighted by molar-refractivity contribution is 5.95. The molecular formula is C9H10FN5O. The molecule has 0 aliphatic heterocycles. The van der Waals surface area contributed by atoms with Crippen molar-refractivity contribution in [2.75, 3.05) is 0 Å². The lowest BCUT2D eigenvalue weighted by atomic mass is 10.2. The molecule has 1 amide bonds. The van der Waals surface area contributed by atoms with Crippen LogP contribution in [0.5, 0.6) is 0 Å². The lowest BCUT2D eigenvalue weighted by Gasteiger charge is -2.06. The van der Waals surface area contributed by atoms with E-state index < -0.39 is 11.7 Å². The fraction of sp³-hybridized carbons (Fsp3) is 0. The largest absolute Gasteiger partial charge is 0.307 e. The smallest absolute Gasteiger partial charge is 0.256 e. The molecule has 0 aliphatic rings. The molecule has 1 aromatic carbocycles. The summed E-state index contributed by atoms with van der Waals surface area (Å²) in [5, 5.41) is 8.50. The molecule has 16 heavy (non-hydrogen) atoms. The molecule has 0 atom stereocenters. The third kappa shape index (κ3) is 3.37. The van der Waals surface area contributed by atoms with Gasteiger partial charge in [-0.2, -0.15) is 0 Å². The maximum absolute atomic E-state index is 12.6. The first-order chi connectivity index (χ1) is 7.63. The second-order valence-corrected chi connectivity index (χ2v) is 2.77. The summed E-state index contributed by atoms with van der Waals surface area (Å²) < 4.78 is 12.6. The SMILES string of the molecule is C=C(N/N=N\N)NC(=O)c1ccc(F)cc1. The number of carbonyl (C=O) groups is 1. The quantitative estimate of drug-likeness (QED) is 0.401. The van der Waals surface area contributed by atoms with Crippen LogP contribution in [0, 0.1) is 5.82 Å². The first kappa shape index (κ1) is 11.6. The standard InChI is InChI=1S/C9H10FN5O/c1-6(13-15-14-11)12-9(16)7-2-4-8(10)5-3-7/h2-5H,1H2,(H2,11,15)(H,12,16)(H,13,14). The Morgan fingerprint density at radius 1 is 1.38 bits per heavy atom. The lowest BCUT2D eigenvalue weighted by Crippen LogP contribution is -2.28. The van der Waals surface area contributed by atoms with Crippen molar-refractivity contribution in [2.24, 2.45) is 16.3 Å². The molecule has 1 rings (SSSR count). The predicted molar refractivity (Wildman–Crippen MR) is 55.2 cm³/mol. The van der Waals surface area contributed by atoms with E-state index in [9.17, 15) is 9.18 Å². The van der Waals surface area contributed by atoms with Gasteiger partial charge in [-0.25, -0.2) is 9.82 Å². The Morgan fingerprint density at radius 3 is 2.56 bits per heavy atom. The summed E-state index contributed by atoms with van der Waals surface area (Å²) >= 11 is 0. The van der Waals surface area contributed by atoms with Crippen LogP contribution in [0.1, 0.15) is 10.4 Å². The molecule has 0 fully saturated rings. The van der Waals surface area contributed by atoms with Crippen LogP contribution in [0.4, 0.5) is 4.39 Å². The van der Waals surface area contributed by atoms with Gasteiger partial charge < -0.3 is 11.2 Å². The van der Waals surface area contributed by atoms with Gasteiger partial charge in [0.2, 0.25) is 0 Å². The van der Waals surface area contributed by atoms with Crippen LogP contribution in [0.3, 0.4) is 0 Å². The molecule has 0 unspecified atom stereocenters. The fourth-order valence-corrected chi connectivity index (χ4v) is 0.928. The van der Waals surface area contributed by atoms with Crippen molar-refractivity contribution in [2.45, 2.75) is 0 Å². The van der Waals surface area contributed by atoms with E-state index in [1.807, 2.05) is 0 Å². The van der Waals surface area contributed by atoms with E-state index in [0.29, 0.717) is 5.56 Å². The molecule has 0 radical (unpaired) electrons. The van der Waals surface area contributed by atoms with E-state index in [-0.39, 0.29) is 5.82 Å². The highest BCUT2D eigenvalue weighted by Crippen LogP contribution is 2.02. The molecule has 1 aromatic rings. The summed E-state index contributed by atoms with van der Waals surface area (Å²) in [6, 6.07) is 5.07. The van der Waals surface area contributed by atoms with Crippen LogP contribution in [0.15, 0.2) is 47.1 Å². The number of hydrogen-bond acceptors (Lipinski definition) is 3. The Labute approximate surface area is 91.0 Å². The summed E-state index contributed by atoms with van der Waals surface area (Å²) in [5.74, 6) is 4.00. The summed E-state index contributed by atoms with van der Waals surface area (Å²) in [5.41, 5.74) is 2.58. The molecule has 0 aromatic heterocycles. The molecule has 7 heteroatoms. The number of halogens is 1. The summed E-state index contributed by atoms with van der Waals surface area (Å²) in [6.45, 7) is 3.45. The van der Waals surface area contributed by atoms with Crippen molar-refractivity contribution < 1.29 is 9.18 Å². The van der Waals surface area contributed by atoms with E-state index in [2.05, 4.69) is 27.8 Å². The first-order valence-electron chi connectivity index (χ1n) is 4.25. The molecule has 0 heterocycles. The molecule has 84 valence electrons. The fourth-order valence-electron chi connectivity index (χ4n) is 0.928. The van der Waals surface area contributed by atoms with Crippen molar-refractivity contribution in [3.8, 4) is 0 Å². The monoisotopic (exact) mass is 223 g/mol. The van der Waals surface area contributed by atoms with Gasteiger partial charge in [0.1, 0.15) is 11.6 Å². The minimum atomic E-state index is -0.440. The number of nitrogens with two attached hydrogens (primary N) is 1.